The molecule has 1 fully saturated rings. The molecule has 0 amide bonds. The summed E-state index contributed by atoms with van der Waals surface area (Å²) in [7, 11) is 0. The molecule has 0 radical (unpaired) electrons. The van der Waals surface area contributed by atoms with Crippen molar-refractivity contribution < 1.29 is 9.60 Å². The minimum Gasteiger partial charge on any atom is -0.312 e. The second-order valence-corrected chi connectivity index (χ2v) is 6.40. The minimum absolute atomic E-state index is 0.199. The Morgan fingerprint density at radius 3 is 2.71 bits per heavy atom. The summed E-state index contributed by atoms with van der Waals surface area (Å²) in [6, 6.07) is 14.8. The van der Waals surface area contributed by atoms with Gasteiger partial charge >= 0.3 is 0 Å². The van der Waals surface area contributed by atoms with E-state index in [9.17, 15) is 9.60 Å². The van der Waals surface area contributed by atoms with E-state index in [1.165, 1.54) is 11.1 Å². The zero-order valence-electron chi connectivity index (χ0n) is 11.4. The predicted octanol–water partition coefficient (Wildman–Crippen LogP) is 3.64. The van der Waals surface area contributed by atoms with Crippen LogP contribution in [-0.4, -0.2) is 28.3 Å². The molecule has 0 aliphatic carbocycles. The van der Waals surface area contributed by atoms with Crippen LogP contribution in [0, 0.1) is 9.39 Å². The van der Waals surface area contributed by atoms with E-state index in [2.05, 4.69) is 27.5 Å². The Balaban J connectivity index is 1.86. The molecule has 1 heterocycles. The SMILES string of the molecule is ON1CCN(Cc2ccccc2F)C1c1cccc(I)c1. The summed E-state index contributed by atoms with van der Waals surface area (Å²) in [6.45, 7) is 1.76. The molecular weight excluding hydrogens is 382 g/mol. The van der Waals surface area contributed by atoms with E-state index in [1.807, 2.05) is 30.3 Å². The van der Waals surface area contributed by atoms with E-state index in [0.717, 1.165) is 9.13 Å². The van der Waals surface area contributed by atoms with Gasteiger partial charge in [-0.3, -0.25) is 4.90 Å². The van der Waals surface area contributed by atoms with Crippen molar-refractivity contribution in [3.63, 3.8) is 0 Å². The largest absolute Gasteiger partial charge is 0.312 e. The van der Waals surface area contributed by atoms with Gasteiger partial charge in [0, 0.05) is 28.8 Å². The molecule has 1 unspecified atom stereocenters. The van der Waals surface area contributed by atoms with Gasteiger partial charge in [-0.2, -0.15) is 5.06 Å². The summed E-state index contributed by atoms with van der Waals surface area (Å²) in [5.41, 5.74) is 1.68. The van der Waals surface area contributed by atoms with E-state index >= 15 is 0 Å². The molecule has 1 aliphatic rings. The Labute approximate surface area is 137 Å². The second kappa shape index (κ2) is 6.39. The second-order valence-electron chi connectivity index (χ2n) is 5.15. The summed E-state index contributed by atoms with van der Waals surface area (Å²) < 4.78 is 15.0. The van der Waals surface area contributed by atoms with E-state index < -0.39 is 0 Å². The van der Waals surface area contributed by atoms with Crippen molar-refractivity contribution >= 4 is 22.6 Å². The van der Waals surface area contributed by atoms with Crippen molar-refractivity contribution in [3.8, 4) is 0 Å². The van der Waals surface area contributed by atoms with Crippen LogP contribution >= 0.6 is 22.6 Å². The summed E-state index contributed by atoms with van der Waals surface area (Å²) in [5, 5.41) is 11.5. The Kier molecular flexibility index (Phi) is 4.54. The van der Waals surface area contributed by atoms with Gasteiger partial charge in [0.1, 0.15) is 12.0 Å². The highest BCUT2D eigenvalue weighted by Gasteiger charge is 2.32. The molecule has 110 valence electrons. The van der Waals surface area contributed by atoms with E-state index in [-0.39, 0.29) is 12.0 Å². The molecular formula is C16H16FIN2O. The van der Waals surface area contributed by atoms with Crippen LogP contribution in [0.5, 0.6) is 0 Å². The van der Waals surface area contributed by atoms with Crippen LogP contribution in [0.3, 0.4) is 0 Å². The summed E-state index contributed by atoms with van der Waals surface area (Å²) in [6.07, 6.45) is -0.223. The van der Waals surface area contributed by atoms with Crippen LogP contribution in [0.4, 0.5) is 4.39 Å². The Morgan fingerprint density at radius 1 is 1.14 bits per heavy atom. The number of benzene rings is 2. The average Bonchev–Trinajstić information content (AvgIpc) is 2.82. The van der Waals surface area contributed by atoms with Crippen molar-refractivity contribution in [2.75, 3.05) is 13.1 Å². The third kappa shape index (κ3) is 3.26. The van der Waals surface area contributed by atoms with Crippen molar-refractivity contribution in [1.82, 2.24) is 9.96 Å². The van der Waals surface area contributed by atoms with Crippen LogP contribution in [0.25, 0.3) is 0 Å². The smallest absolute Gasteiger partial charge is 0.127 e. The van der Waals surface area contributed by atoms with Gasteiger partial charge in [0.2, 0.25) is 0 Å². The van der Waals surface area contributed by atoms with Crippen LogP contribution in [0.2, 0.25) is 0 Å². The molecule has 5 heteroatoms. The lowest BCUT2D eigenvalue weighted by molar-refractivity contribution is -0.128. The highest BCUT2D eigenvalue weighted by molar-refractivity contribution is 14.1. The first-order chi connectivity index (χ1) is 10.1. The number of hydrogen-bond donors (Lipinski definition) is 1. The first kappa shape index (κ1) is 14.9. The number of hydrogen-bond acceptors (Lipinski definition) is 3. The molecule has 1 saturated heterocycles. The quantitative estimate of drug-likeness (QED) is 0.801. The molecule has 1 aliphatic heterocycles. The molecule has 3 rings (SSSR count). The lowest BCUT2D eigenvalue weighted by atomic mass is 10.1. The van der Waals surface area contributed by atoms with Crippen molar-refractivity contribution in [2.45, 2.75) is 12.7 Å². The molecule has 3 nitrogen and oxygen atoms in total. The summed E-state index contributed by atoms with van der Waals surface area (Å²) in [5.74, 6) is -0.199. The first-order valence-corrected chi connectivity index (χ1v) is 7.91. The fourth-order valence-electron chi connectivity index (χ4n) is 2.73. The highest BCUT2D eigenvalue weighted by atomic mass is 127. The lowest BCUT2D eigenvalue weighted by Gasteiger charge is -2.27. The van der Waals surface area contributed by atoms with Crippen LogP contribution in [-0.2, 0) is 6.54 Å². The van der Waals surface area contributed by atoms with Crippen LogP contribution in [0.1, 0.15) is 17.3 Å². The molecule has 2 aromatic carbocycles. The first-order valence-electron chi connectivity index (χ1n) is 6.83. The van der Waals surface area contributed by atoms with Gasteiger partial charge in [0.15, 0.2) is 0 Å². The molecule has 0 aromatic heterocycles. The lowest BCUT2D eigenvalue weighted by Crippen LogP contribution is -2.29. The number of hydroxylamine groups is 2. The highest BCUT2D eigenvalue weighted by Crippen LogP contribution is 2.30. The predicted molar refractivity (Wildman–Crippen MR) is 87.2 cm³/mol. The Hall–Kier alpha value is -1.02. The molecule has 0 spiro atoms. The summed E-state index contributed by atoms with van der Waals surface area (Å²) >= 11 is 2.26. The standard InChI is InChI=1S/C16H16FIN2O/c17-15-7-2-1-4-13(15)11-19-8-9-20(21)16(19)12-5-3-6-14(18)10-12/h1-7,10,16,21H,8-9,11H2. The fourth-order valence-corrected chi connectivity index (χ4v) is 3.29. The average molecular weight is 398 g/mol. The molecule has 0 bridgehead atoms. The maximum Gasteiger partial charge on any atom is 0.127 e. The van der Waals surface area contributed by atoms with Gasteiger partial charge in [0.05, 0.1) is 0 Å². The topological polar surface area (TPSA) is 26.7 Å². The van der Waals surface area contributed by atoms with Crippen molar-refractivity contribution in [3.05, 3.63) is 69.0 Å². The minimum atomic E-state index is -0.223. The molecule has 2 aromatic rings. The third-order valence-corrected chi connectivity index (χ3v) is 4.39. The van der Waals surface area contributed by atoms with Crippen molar-refractivity contribution in [1.29, 1.82) is 0 Å². The van der Waals surface area contributed by atoms with Gasteiger partial charge in [0.25, 0.3) is 0 Å². The number of halogens is 2. The van der Waals surface area contributed by atoms with Crippen LogP contribution in [0.15, 0.2) is 48.5 Å². The fraction of sp³-hybridized carbons (Fsp3) is 0.250. The zero-order chi connectivity index (χ0) is 14.8. The van der Waals surface area contributed by atoms with Gasteiger partial charge in [-0.25, -0.2) is 4.39 Å². The van der Waals surface area contributed by atoms with E-state index in [1.54, 1.807) is 12.1 Å². The zero-order valence-corrected chi connectivity index (χ0v) is 13.6. The summed E-state index contributed by atoms with van der Waals surface area (Å²) in [4.78, 5) is 2.09. The van der Waals surface area contributed by atoms with Gasteiger partial charge in [-0.05, 0) is 46.4 Å². The van der Waals surface area contributed by atoms with Gasteiger partial charge < -0.3 is 5.21 Å². The normalized spacial score (nSPS) is 20.0. The van der Waals surface area contributed by atoms with Gasteiger partial charge in [-0.1, -0.05) is 30.3 Å². The van der Waals surface area contributed by atoms with Crippen molar-refractivity contribution in [2.24, 2.45) is 0 Å². The Morgan fingerprint density at radius 2 is 1.95 bits per heavy atom. The Bertz CT molecular complexity index is 637. The number of rotatable bonds is 3. The number of nitrogens with zero attached hydrogens (tertiary/aromatic N) is 2. The maximum absolute atomic E-state index is 13.8. The third-order valence-electron chi connectivity index (χ3n) is 3.72. The molecule has 1 atom stereocenters. The maximum atomic E-state index is 13.8. The van der Waals surface area contributed by atoms with Gasteiger partial charge in [-0.15, -0.1) is 0 Å². The molecule has 21 heavy (non-hydrogen) atoms. The van der Waals surface area contributed by atoms with E-state index in [0.29, 0.717) is 25.2 Å². The molecule has 1 N–H and O–H groups in total. The molecule has 0 saturated carbocycles. The van der Waals surface area contributed by atoms with E-state index in [4.69, 9.17) is 0 Å². The monoisotopic (exact) mass is 398 g/mol. The van der Waals surface area contributed by atoms with Crippen LogP contribution < -0.4 is 0 Å².